The Balaban J connectivity index is 2.19. The van der Waals surface area contributed by atoms with Crippen LogP contribution in [-0.2, 0) is 0 Å². The number of nitro groups is 1. The van der Waals surface area contributed by atoms with Crippen molar-refractivity contribution in [1.29, 1.82) is 0 Å². The number of nitrogens with zero attached hydrogens (tertiary/aromatic N) is 1. The van der Waals surface area contributed by atoms with Gasteiger partial charge in [0.15, 0.2) is 5.56 Å². The zero-order chi connectivity index (χ0) is 18.5. The van der Waals surface area contributed by atoms with Gasteiger partial charge in [0.2, 0.25) is 0 Å². The van der Waals surface area contributed by atoms with Gasteiger partial charge < -0.3 is 5.32 Å². The molecule has 0 aliphatic rings. The summed E-state index contributed by atoms with van der Waals surface area (Å²) in [6.45, 7) is 2.62. The van der Waals surface area contributed by atoms with Gasteiger partial charge in [-0.05, 0) is 12.5 Å². The molecule has 0 spiro atoms. The average molecular weight is 352 g/mol. The van der Waals surface area contributed by atoms with Gasteiger partial charge in [0, 0.05) is 12.6 Å². The van der Waals surface area contributed by atoms with E-state index in [1.165, 1.54) is 51.0 Å². The zero-order valence-electron chi connectivity index (χ0n) is 15.1. The van der Waals surface area contributed by atoms with Crippen LogP contribution >= 0.6 is 0 Å². The van der Waals surface area contributed by atoms with Crippen LogP contribution < -0.4 is 5.32 Å². The average Bonchev–Trinajstić information content (AvgIpc) is 2.59. The number of hydrogen-bond donors (Lipinski definition) is 1. The number of unbranched alkanes of at least 4 members (excludes halogenated alkanes) is 9. The monoisotopic (exact) mass is 352 g/mol. The van der Waals surface area contributed by atoms with Crippen LogP contribution in [0.4, 0.5) is 10.1 Å². The predicted molar refractivity (Wildman–Crippen MR) is 97.2 cm³/mol. The van der Waals surface area contributed by atoms with Gasteiger partial charge in [-0.2, -0.15) is 0 Å². The van der Waals surface area contributed by atoms with Crippen molar-refractivity contribution in [3.8, 4) is 0 Å². The first-order valence-electron chi connectivity index (χ1n) is 9.29. The molecule has 1 rings (SSSR count). The lowest BCUT2D eigenvalue weighted by Gasteiger charge is -2.07. The second-order valence-electron chi connectivity index (χ2n) is 6.33. The Morgan fingerprint density at radius 3 is 2.16 bits per heavy atom. The summed E-state index contributed by atoms with van der Waals surface area (Å²) in [7, 11) is 0. The lowest BCUT2D eigenvalue weighted by molar-refractivity contribution is -0.385. The first-order chi connectivity index (χ1) is 12.1. The number of carbonyl (C=O) groups is 1. The molecule has 1 aromatic rings. The van der Waals surface area contributed by atoms with Crippen LogP contribution in [0.3, 0.4) is 0 Å². The van der Waals surface area contributed by atoms with Crippen molar-refractivity contribution in [1.82, 2.24) is 5.32 Å². The van der Waals surface area contributed by atoms with Gasteiger partial charge in [-0.1, -0.05) is 70.8 Å². The van der Waals surface area contributed by atoms with Gasteiger partial charge in [-0.3, -0.25) is 14.9 Å². The van der Waals surface area contributed by atoms with Crippen molar-refractivity contribution >= 4 is 11.6 Å². The van der Waals surface area contributed by atoms with Crippen LogP contribution in [0.25, 0.3) is 0 Å². The maximum Gasteiger partial charge on any atom is 0.285 e. The zero-order valence-corrected chi connectivity index (χ0v) is 15.1. The van der Waals surface area contributed by atoms with Crippen molar-refractivity contribution in [2.45, 2.75) is 71.1 Å². The highest BCUT2D eigenvalue weighted by molar-refractivity contribution is 5.98. The Bertz CT molecular complexity index is 549. The molecule has 0 atom stereocenters. The van der Waals surface area contributed by atoms with E-state index in [9.17, 15) is 19.3 Å². The first kappa shape index (κ1) is 21.1. The molecule has 0 fully saturated rings. The fourth-order valence-electron chi connectivity index (χ4n) is 2.79. The number of rotatable bonds is 13. The fourth-order valence-corrected chi connectivity index (χ4v) is 2.79. The summed E-state index contributed by atoms with van der Waals surface area (Å²) in [5.41, 5.74) is -0.986. The lowest BCUT2D eigenvalue weighted by atomic mass is 10.1. The van der Waals surface area contributed by atoms with Gasteiger partial charge in [-0.25, -0.2) is 4.39 Å². The summed E-state index contributed by atoms with van der Waals surface area (Å²) >= 11 is 0. The molecule has 0 heterocycles. The van der Waals surface area contributed by atoms with E-state index in [-0.39, 0.29) is 0 Å². The van der Waals surface area contributed by atoms with Crippen molar-refractivity contribution in [3.63, 3.8) is 0 Å². The minimum atomic E-state index is -0.866. The Kier molecular flexibility index (Phi) is 10.4. The maximum atomic E-state index is 13.7. The molecule has 0 unspecified atom stereocenters. The highest BCUT2D eigenvalue weighted by Gasteiger charge is 2.23. The van der Waals surface area contributed by atoms with E-state index in [0.717, 1.165) is 31.4 Å². The summed E-state index contributed by atoms with van der Waals surface area (Å²) < 4.78 is 13.7. The summed E-state index contributed by atoms with van der Waals surface area (Å²) in [6.07, 6.45) is 11.9. The number of benzene rings is 1. The molecule has 0 radical (unpaired) electrons. The van der Waals surface area contributed by atoms with Crippen molar-refractivity contribution in [2.24, 2.45) is 0 Å². The van der Waals surface area contributed by atoms with Crippen molar-refractivity contribution in [2.75, 3.05) is 6.54 Å². The molecule has 1 N–H and O–H groups in total. The second-order valence-corrected chi connectivity index (χ2v) is 6.33. The molecule has 25 heavy (non-hydrogen) atoms. The molecule has 1 amide bonds. The summed E-state index contributed by atoms with van der Waals surface area (Å²) in [4.78, 5) is 22.2. The number of amides is 1. The minimum Gasteiger partial charge on any atom is -0.352 e. The third-order valence-electron chi connectivity index (χ3n) is 4.23. The van der Waals surface area contributed by atoms with Gasteiger partial charge in [0.25, 0.3) is 11.6 Å². The van der Waals surface area contributed by atoms with Gasteiger partial charge >= 0.3 is 0 Å². The molecular weight excluding hydrogens is 323 g/mol. The topological polar surface area (TPSA) is 72.2 Å². The van der Waals surface area contributed by atoms with Crippen LogP contribution in [0.5, 0.6) is 0 Å². The molecule has 0 saturated carbocycles. The highest BCUT2D eigenvalue weighted by Crippen LogP contribution is 2.21. The number of nitrogens with one attached hydrogen (secondary N) is 1. The molecule has 0 aliphatic carbocycles. The van der Waals surface area contributed by atoms with E-state index in [1.807, 2.05) is 0 Å². The van der Waals surface area contributed by atoms with Crippen LogP contribution in [0.2, 0.25) is 0 Å². The molecule has 1 aromatic carbocycles. The SMILES string of the molecule is CCCCCCCCCCCCNC(=O)c1c(F)cccc1[N+](=O)[O-]. The van der Waals surface area contributed by atoms with E-state index >= 15 is 0 Å². The number of halogens is 1. The third-order valence-corrected chi connectivity index (χ3v) is 4.23. The molecule has 0 aliphatic heterocycles. The third kappa shape index (κ3) is 8.09. The van der Waals surface area contributed by atoms with Gasteiger partial charge in [0.05, 0.1) is 4.92 Å². The molecule has 0 saturated heterocycles. The highest BCUT2D eigenvalue weighted by atomic mass is 19.1. The summed E-state index contributed by atoms with van der Waals surface area (Å²) in [5, 5.41) is 13.5. The standard InChI is InChI=1S/C19H29FN2O3/c1-2-3-4-5-6-7-8-9-10-11-15-21-19(23)18-16(20)13-12-14-17(18)22(24)25/h12-14H,2-11,15H2,1H3,(H,21,23). The Morgan fingerprint density at radius 2 is 1.60 bits per heavy atom. The molecule has 0 aromatic heterocycles. The van der Waals surface area contributed by atoms with Crippen LogP contribution in [0.15, 0.2) is 18.2 Å². The number of nitro benzene ring substituents is 1. The quantitative estimate of drug-likeness (QED) is 0.294. The Morgan fingerprint density at radius 1 is 1.04 bits per heavy atom. The Labute approximate surface area is 149 Å². The predicted octanol–water partition coefficient (Wildman–Crippen LogP) is 5.38. The van der Waals surface area contributed by atoms with Crippen molar-refractivity contribution < 1.29 is 14.1 Å². The van der Waals surface area contributed by atoms with Crippen LogP contribution in [-0.4, -0.2) is 17.4 Å². The number of carbonyl (C=O) groups excluding carboxylic acids is 1. The molecule has 6 heteroatoms. The van der Waals surface area contributed by atoms with E-state index in [0.29, 0.717) is 6.54 Å². The van der Waals surface area contributed by atoms with E-state index in [4.69, 9.17) is 0 Å². The van der Waals surface area contributed by atoms with Crippen molar-refractivity contribution in [3.05, 3.63) is 39.7 Å². The van der Waals surface area contributed by atoms with Crippen LogP contribution in [0, 0.1) is 15.9 Å². The normalized spacial score (nSPS) is 10.6. The minimum absolute atomic E-state index is 0.404. The van der Waals surface area contributed by atoms with Gasteiger partial charge in [-0.15, -0.1) is 0 Å². The largest absolute Gasteiger partial charge is 0.352 e. The smallest absolute Gasteiger partial charge is 0.285 e. The second kappa shape index (κ2) is 12.4. The number of hydrogen-bond acceptors (Lipinski definition) is 3. The fraction of sp³-hybridized carbons (Fsp3) is 0.632. The Hall–Kier alpha value is -1.98. The molecule has 140 valence electrons. The molecule has 5 nitrogen and oxygen atoms in total. The molecule has 0 bridgehead atoms. The lowest BCUT2D eigenvalue weighted by Crippen LogP contribution is -2.26. The van der Waals surface area contributed by atoms with E-state index in [1.54, 1.807) is 0 Å². The van der Waals surface area contributed by atoms with Crippen LogP contribution in [0.1, 0.15) is 81.5 Å². The first-order valence-corrected chi connectivity index (χ1v) is 9.29. The summed E-state index contributed by atoms with van der Waals surface area (Å²) in [6, 6.07) is 3.42. The van der Waals surface area contributed by atoms with E-state index in [2.05, 4.69) is 12.2 Å². The van der Waals surface area contributed by atoms with Gasteiger partial charge in [0.1, 0.15) is 5.82 Å². The molecular formula is C19H29FN2O3. The maximum absolute atomic E-state index is 13.7. The summed E-state index contributed by atoms with van der Waals surface area (Å²) in [5.74, 6) is -1.59. The van der Waals surface area contributed by atoms with E-state index < -0.39 is 27.9 Å².